The van der Waals surface area contributed by atoms with Crippen LogP contribution in [0.2, 0.25) is 0 Å². The Kier molecular flexibility index (Phi) is 3.32. The van der Waals surface area contributed by atoms with Gasteiger partial charge in [-0.05, 0) is 44.2 Å². The van der Waals surface area contributed by atoms with E-state index in [0.29, 0.717) is 0 Å². The Morgan fingerprint density at radius 2 is 1.95 bits per heavy atom. The second-order valence-electron chi connectivity index (χ2n) is 6.45. The van der Waals surface area contributed by atoms with Crippen molar-refractivity contribution < 1.29 is 14.3 Å². The Hall–Kier alpha value is -1.97. The predicted octanol–water partition coefficient (Wildman–Crippen LogP) is 4.02. The number of carbonyl (C=O) groups excluding carboxylic acids is 1. The molecule has 4 rings (SSSR count). The lowest BCUT2D eigenvalue weighted by Crippen LogP contribution is -2.34. The van der Waals surface area contributed by atoms with Crippen LogP contribution in [0, 0.1) is 5.92 Å². The van der Waals surface area contributed by atoms with E-state index in [1.54, 1.807) is 0 Å². The van der Waals surface area contributed by atoms with E-state index in [-0.39, 0.29) is 11.8 Å². The fraction of sp³-hybridized carbons (Fsp3) is 0.500. The van der Waals surface area contributed by atoms with Gasteiger partial charge in [0, 0.05) is 30.5 Å². The largest absolute Gasteiger partial charge is 0.448 e. The molecule has 116 valence electrons. The summed E-state index contributed by atoms with van der Waals surface area (Å²) >= 11 is 0. The Bertz CT molecular complexity index is 617. The summed E-state index contributed by atoms with van der Waals surface area (Å²) in [6.07, 6.45) is 11.2. The van der Waals surface area contributed by atoms with Crippen LogP contribution < -0.4 is 14.8 Å². The highest BCUT2D eigenvalue weighted by Crippen LogP contribution is 2.47. The second kappa shape index (κ2) is 5.34. The quantitative estimate of drug-likeness (QED) is 0.839. The number of carbonyl (C=O) groups is 1. The Morgan fingerprint density at radius 3 is 2.73 bits per heavy atom. The first-order chi connectivity index (χ1) is 10.7. The van der Waals surface area contributed by atoms with Gasteiger partial charge in [0.1, 0.15) is 0 Å². The van der Waals surface area contributed by atoms with E-state index < -0.39 is 5.79 Å². The van der Waals surface area contributed by atoms with Crippen LogP contribution in [0.25, 0.3) is 0 Å². The van der Waals surface area contributed by atoms with Gasteiger partial charge in [-0.1, -0.05) is 12.2 Å². The molecular formula is C18H21NO3. The molecule has 1 saturated carbocycles. The lowest BCUT2D eigenvalue weighted by Gasteiger charge is -2.21. The Morgan fingerprint density at radius 1 is 1.14 bits per heavy atom. The number of allylic oxidation sites excluding steroid dienone is 2. The molecule has 1 aromatic rings. The van der Waals surface area contributed by atoms with Gasteiger partial charge in [0.15, 0.2) is 11.5 Å². The Labute approximate surface area is 130 Å². The maximum atomic E-state index is 12.3. The first-order valence-corrected chi connectivity index (χ1v) is 8.22. The summed E-state index contributed by atoms with van der Waals surface area (Å²) in [7, 11) is 0. The van der Waals surface area contributed by atoms with Crippen molar-refractivity contribution in [1.82, 2.24) is 0 Å². The molecule has 0 radical (unpaired) electrons. The molecule has 0 saturated heterocycles. The summed E-state index contributed by atoms with van der Waals surface area (Å²) in [6.45, 7) is 0. The highest BCUT2D eigenvalue weighted by molar-refractivity contribution is 5.93. The van der Waals surface area contributed by atoms with E-state index in [1.807, 2.05) is 18.2 Å². The first-order valence-electron chi connectivity index (χ1n) is 8.22. The van der Waals surface area contributed by atoms with Crippen molar-refractivity contribution in [2.75, 3.05) is 5.32 Å². The fourth-order valence-electron chi connectivity index (χ4n) is 3.57. The van der Waals surface area contributed by atoms with Gasteiger partial charge in [0.2, 0.25) is 5.91 Å². The Balaban J connectivity index is 1.46. The van der Waals surface area contributed by atoms with Crippen LogP contribution in [0.5, 0.6) is 11.5 Å². The van der Waals surface area contributed by atoms with Gasteiger partial charge in [-0.25, -0.2) is 0 Å². The molecule has 1 heterocycles. The second-order valence-corrected chi connectivity index (χ2v) is 6.45. The van der Waals surface area contributed by atoms with Gasteiger partial charge in [0.05, 0.1) is 0 Å². The molecule has 1 spiro atoms. The van der Waals surface area contributed by atoms with Crippen molar-refractivity contribution in [2.24, 2.45) is 5.92 Å². The number of anilines is 1. The third-order valence-corrected chi connectivity index (χ3v) is 4.81. The molecule has 1 aromatic carbocycles. The first kappa shape index (κ1) is 13.7. The minimum absolute atomic E-state index is 0.0802. The van der Waals surface area contributed by atoms with Gasteiger partial charge in [-0.3, -0.25) is 4.79 Å². The number of benzene rings is 1. The number of amides is 1. The topological polar surface area (TPSA) is 47.6 Å². The third-order valence-electron chi connectivity index (χ3n) is 4.81. The van der Waals surface area contributed by atoms with Gasteiger partial charge < -0.3 is 14.8 Å². The zero-order valence-corrected chi connectivity index (χ0v) is 12.6. The molecule has 0 aromatic heterocycles. The highest BCUT2D eigenvalue weighted by atomic mass is 16.7. The number of hydrogen-bond donors (Lipinski definition) is 1. The molecular weight excluding hydrogens is 278 g/mol. The van der Waals surface area contributed by atoms with Crippen LogP contribution in [-0.4, -0.2) is 11.7 Å². The number of hydrogen-bond acceptors (Lipinski definition) is 3. The molecule has 4 nitrogen and oxygen atoms in total. The summed E-state index contributed by atoms with van der Waals surface area (Å²) in [5.41, 5.74) is 0.789. The minimum Gasteiger partial charge on any atom is -0.448 e. The molecule has 1 fully saturated rings. The summed E-state index contributed by atoms with van der Waals surface area (Å²) < 4.78 is 12.0. The van der Waals surface area contributed by atoms with Gasteiger partial charge in [-0.2, -0.15) is 0 Å². The van der Waals surface area contributed by atoms with E-state index in [2.05, 4.69) is 17.5 Å². The van der Waals surface area contributed by atoms with E-state index in [1.165, 1.54) is 0 Å². The molecule has 1 aliphatic heterocycles. The van der Waals surface area contributed by atoms with Crippen molar-refractivity contribution in [3.05, 3.63) is 30.4 Å². The smallest absolute Gasteiger partial charge is 0.251 e. The van der Waals surface area contributed by atoms with Crippen molar-refractivity contribution in [3.63, 3.8) is 0 Å². The number of fused-ring (bicyclic) bond motifs is 1. The molecule has 1 amide bonds. The highest BCUT2D eigenvalue weighted by Gasteiger charge is 2.44. The molecule has 4 heteroatoms. The van der Waals surface area contributed by atoms with Gasteiger partial charge >= 0.3 is 0 Å². The maximum Gasteiger partial charge on any atom is 0.251 e. The third kappa shape index (κ3) is 2.47. The number of nitrogens with one attached hydrogen (secondary N) is 1. The zero-order chi connectivity index (χ0) is 15.0. The molecule has 0 unspecified atom stereocenters. The molecule has 0 bridgehead atoms. The SMILES string of the molecule is O=C(Nc1ccc2c(c1)OC1(CCCC1)O2)[C@H]1CC=CCC1. The van der Waals surface area contributed by atoms with Crippen LogP contribution in [0.1, 0.15) is 44.9 Å². The van der Waals surface area contributed by atoms with Crippen molar-refractivity contribution >= 4 is 11.6 Å². The van der Waals surface area contributed by atoms with Crippen LogP contribution in [0.4, 0.5) is 5.69 Å². The summed E-state index contributed by atoms with van der Waals surface area (Å²) in [4.78, 5) is 12.3. The molecule has 3 aliphatic rings. The normalized spacial score (nSPS) is 24.6. The van der Waals surface area contributed by atoms with Crippen LogP contribution in [0.3, 0.4) is 0 Å². The lowest BCUT2D eigenvalue weighted by molar-refractivity contribution is -0.120. The number of ether oxygens (including phenoxy) is 2. The molecule has 1 atom stereocenters. The molecule has 22 heavy (non-hydrogen) atoms. The average molecular weight is 299 g/mol. The summed E-state index contributed by atoms with van der Waals surface area (Å²) in [5, 5.41) is 3.01. The zero-order valence-electron chi connectivity index (χ0n) is 12.6. The summed E-state index contributed by atoms with van der Waals surface area (Å²) in [6, 6.07) is 5.69. The number of rotatable bonds is 2. The van der Waals surface area contributed by atoms with E-state index in [9.17, 15) is 4.79 Å². The van der Waals surface area contributed by atoms with Gasteiger partial charge in [0.25, 0.3) is 5.79 Å². The fourth-order valence-corrected chi connectivity index (χ4v) is 3.57. The van der Waals surface area contributed by atoms with E-state index in [4.69, 9.17) is 9.47 Å². The van der Waals surface area contributed by atoms with Crippen LogP contribution >= 0.6 is 0 Å². The summed E-state index contributed by atoms with van der Waals surface area (Å²) in [5.74, 6) is 1.28. The molecule has 2 aliphatic carbocycles. The molecule has 1 N–H and O–H groups in total. The van der Waals surface area contributed by atoms with Crippen LogP contribution in [-0.2, 0) is 4.79 Å². The van der Waals surface area contributed by atoms with Gasteiger partial charge in [-0.15, -0.1) is 0 Å². The predicted molar refractivity (Wildman–Crippen MR) is 84.0 cm³/mol. The van der Waals surface area contributed by atoms with E-state index in [0.717, 1.165) is 62.1 Å². The standard InChI is InChI=1S/C18H21NO3/c20-17(13-6-2-1-3-7-13)19-14-8-9-15-16(12-14)22-18(21-15)10-4-5-11-18/h1-2,8-9,12-13H,3-7,10-11H2,(H,19,20)/t13-/m0/s1. The van der Waals surface area contributed by atoms with Crippen LogP contribution in [0.15, 0.2) is 30.4 Å². The maximum absolute atomic E-state index is 12.3. The monoisotopic (exact) mass is 299 g/mol. The van der Waals surface area contributed by atoms with Crippen molar-refractivity contribution in [3.8, 4) is 11.5 Å². The van der Waals surface area contributed by atoms with Crippen molar-refractivity contribution in [2.45, 2.75) is 50.7 Å². The average Bonchev–Trinajstić information content (AvgIpc) is 3.14. The van der Waals surface area contributed by atoms with E-state index >= 15 is 0 Å². The minimum atomic E-state index is -0.445. The lowest BCUT2D eigenvalue weighted by atomic mass is 9.93. The van der Waals surface area contributed by atoms with Crippen molar-refractivity contribution in [1.29, 1.82) is 0 Å².